The fourth-order valence-electron chi connectivity index (χ4n) is 2.22. The highest BCUT2D eigenvalue weighted by molar-refractivity contribution is 6.35. The average molecular weight is 433 g/mol. The van der Waals surface area contributed by atoms with Crippen LogP contribution < -0.4 is 25.5 Å². The lowest BCUT2D eigenvalue weighted by molar-refractivity contribution is -0.138. The molecule has 2 rings (SSSR count). The number of nitrogens with one attached hydrogen (secondary N) is 3. The minimum absolute atomic E-state index is 0.239. The van der Waals surface area contributed by atoms with Crippen LogP contribution in [0.25, 0.3) is 0 Å². The summed E-state index contributed by atoms with van der Waals surface area (Å²) in [5.41, 5.74) is 4.14. The molecule has 2 aromatic rings. The minimum Gasteiger partial charge on any atom is -0.493 e. The maximum absolute atomic E-state index is 12.1. The van der Waals surface area contributed by atoms with Gasteiger partial charge in [0.15, 0.2) is 18.1 Å². The molecule has 0 heterocycles. The zero-order valence-corrected chi connectivity index (χ0v) is 17.4. The topological polar surface area (TPSA) is 118 Å². The summed E-state index contributed by atoms with van der Waals surface area (Å²) >= 11 is 6.05. The quantitative estimate of drug-likeness (QED) is 0.350. The molecule has 3 amide bonds. The molecule has 0 saturated heterocycles. The van der Waals surface area contributed by atoms with E-state index in [4.69, 9.17) is 21.1 Å². The highest BCUT2D eigenvalue weighted by Crippen LogP contribution is 2.27. The molecule has 3 N–H and O–H groups in total. The van der Waals surface area contributed by atoms with Gasteiger partial charge in [-0.25, -0.2) is 5.43 Å². The van der Waals surface area contributed by atoms with Gasteiger partial charge in [0.05, 0.1) is 13.3 Å². The number of halogens is 1. The Morgan fingerprint density at radius 1 is 1.10 bits per heavy atom. The number of hydrogen-bond donors (Lipinski definition) is 3. The number of amides is 3. The van der Waals surface area contributed by atoms with Crippen LogP contribution in [0.3, 0.4) is 0 Å². The van der Waals surface area contributed by atoms with Crippen LogP contribution in [0.4, 0.5) is 5.69 Å². The predicted octanol–water partition coefficient (Wildman–Crippen LogP) is 1.87. The molecule has 0 aliphatic carbocycles. The van der Waals surface area contributed by atoms with Crippen LogP contribution in [0.1, 0.15) is 11.1 Å². The second-order valence-corrected chi connectivity index (χ2v) is 6.40. The number of hydrazone groups is 1. The lowest BCUT2D eigenvalue weighted by Crippen LogP contribution is -2.35. The first-order valence-electron chi connectivity index (χ1n) is 8.76. The van der Waals surface area contributed by atoms with Crippen molar-refractivity contribution >= 4 is 41.2 Å². The monoisotopic (exact) mass is 432 g/mol. The Balaban J connectivity index is 1.95. The Labute approximate surface area is 178 Å². The predicted molar refractivity (Wildman–Crippen MR) is 113 cm³/mol. The van der Waals surface area contributed by atoms with Crippen molar-refractivity contribution < 1.29 is 23.9 Å². The van der Waals surface area contributed by atoms with Crippen LogP contribution in [0, 0.1) is 6.92 Å². The van der Waals surface area contributed by atoms with Gasteiger partial charge in [-0.2, -0.15) is 5.10 Å². The van der Waals surface area contributed by atoms with E-state index < -0.39 is 11.8 Å². The lowest BCUT2D eigenvalue weighted by Gasteiger charge is -2.12. The van der Waals surface area contributed by atoms with E-state index in [0.29, 0.717) is 27.8 Å². The lowest BCUT2D eigenvalue weighted by atomic mass is 10.2. The van der Waals surface area contributed by atoms with Crippen molar-refractivity contribution in [1.29, 1.82) is 0 Å². The number of hydrogen-bond acceptors (Lipinski definition) is 6. The van der Waals surface area contributed by atoms with E-state index >= 15 is 0 Å². The van der Waals surface area contributed by atoms with E-state index in [-0.39, 0.29) is 12.5 Å². The van der Waals surface area contributed by atoms with Crippen molar-refractivity contribution in [1.82, 2.24) is 10.7 Å². The Bertz CT molecular complexity index is 978. The van der Waals surface area contributed by atoms with Crippen molar-refractivity contribution in [2.75, 3.05) is 26.1 Å². The molecule has 0 unspecified atom stereocenters. The summed E-state index contributed by atoms with van der Waals surface area (Å²) in [6, 6.07) is 10.0. The molecule has 0 bridgehead atoms. The molecule has 0 aliphatic rings. The second-order valence-electron chi connectivity index (χ2n) is 5.99. The molecule has 0 aliphatic heterocycles. The van der Waals surface area contributed by atoms with E-state index in [2.05, 4.69) is 21.2 Å². The number of rotatable bonds is 7. The minimum atomic E-state index is -0.887. The molecule has 30 heavy (non-hydrogen) atoms. The molecule has 0 fully saturated rings. The molecule has 9 nitrogen and oxygen atoms in total. The molecule has 10 heteroatoms. The highest BCUT2D eigenvalue weighted by atomic mass is 35.5. The Kier molecular flexibility index (Phi) is 8.18. The summed E-state index contributed by atoms with van der Waals surface area (Å²) in [6.45, 7) is 1.63. The molecule has 0 spiro atoms. The van der Waals surface area contributed by atoms with Crippen molar-refractivity contribution in [3.8, 4) is 11.5 Å². The van der Waals surface area contributed by atoms with E-state index in [1.165, 1.54) is 20.4 Å². The summed E-state index contributed by atoms with van der Waals surface area (Å²) < 4.78 is 10.8. The number of nitrogens with zero attached hydrogens (tertiary/aromatic N) is 1. The van der Waals surface area contributed by atoms with Crippen LogP contribution in [0.2, 0.25) is 5.02 Å². The largest absolute Gasteiger partial charge is 0.493 e. The number of carbonyl (C=O) groups is 3. The molecule has 0 saturated carbocycles. The van der Waals surface area contributed by atoms with E-state index in [0.717, 1.165) is 5.56 Å². The van der Waals surface area contributed by atoms with Crippen molar-refractivity contribution in [3.05, 3.63) is 52.5 Å². The molecular formula is C20H21ClN4O5. The molecule has 0 aromatic heterocycles. The summed E-state index contributed by atoms with van der Waals surface area (Å²) in [5, 5.41) is 9.13. The number of anilines is 1. The summed E-state index contributed by atoms with van der Waals surface area (Å²) in [6.07, 6.45) is 1.33. The van der Waals surface area contributed by atoms with Crippen LogP contribution in [0.15, 0.2) is 41.5 Å². The van der Waals surface area contributed by atoms with Crippen LogP contribution in [-0.2, 0) is 14.4 Å². The first kappa shape index (κ1) is 22.7. The first-order chi connectivity index (χ1) is 14.3. The number of aryl methyl sites for hydroxylation is 1. The van der Waals surface area contributed by atoms with Gasteiger partial charge in [-0.05, 0) is 48.4 Å². The van der Waals surface area contributed by atoms with E-state index in [1.54, 1.807) is 36.4 Å². The third kappa shape index (κ3) is 6.49. The summed E-state index contributed by atoms with van der Waals surface area (Å²) in [7, 11) is 2.79. The van der Waals surface area contributed by atoms with Gasteiger partial charge in [-0.15, -0.1) is 0 Å². The third-order valence-electron chi connectivity index (χ3n) is 3.82. The van der Waals surface area contributed by atoms with Crippen molar-refractivity contribution in [2.24, 2.45) is 5.10 Å². The summed E-state index contributed by atoms with van der Waals surface area (Å²) in [5.74, 6) is -1.34. The van der Waals surface area contributed by atoms with Crippen LogP contribution in [0.5, 0.6) is 11.5 Å². The zero-order valence-electron chi connectivity index (χ0n) is 16.6. The van der Waals surface area contributed by atoms with E-state index in [9.17, 15) is 14.4 Å². The van der Waals surface area contributed by atoms with Crippen molar-refractivity contribution in [3.63, 3.8) is 0 Å². The SMILES string of the molecule is CNC(=O)C(=O)N/N=C\c1ccc(OCC(=O)Nc2ccc(C)c(Cl)c2)c(OC)c1. The average Bonchev–Trinajstić information content (AvgIpc) is 2.74. The smallest absolute Gasteiger partial charge is 0.329 e. The fourth-order valence-corrected chi connectivity index (χ4v) is 2.40. The van der Waals surface area contributed by atoms with Gasteiger partial charge in [0.2, 0.25) is 0 Å². The van der Waals surface area contributed by atoms with Gasteiger partial charge in [0, 0.05) is 17.8 Å². The maximum atomic E-state index is 12.1. The maximum Gasteiger partial charge on any atom is 0.329 e. The Hall–Kier alpha value is -3.59. The zero-order chi connectivity index (χ0) is 22.1. The molecule has 2 aromatic carbocycles. The third-order valence-corrected chi connectivity index (χ3v) is 4.22. The van der Waals surface area contributed by atoms with Gasteiger partial charge in [-0.3, -0.25) is 14.4 Å². The first-order valence-corrected chi connectivity index (χ1v) is 9.13. The van der Waals surface area contributed by atoms with Gasteiger partial charge < -0.3 is 20.1 Å². The number of ether oxygens (including phenoxy) is 2. The number of carbonyl (C=O) groups excluding carboxylic acids is 3. The highest BCUT2D eigenvalue weighted by Gasteiger charge is 2.11. The van der Waals surface area contributed by atoms with Gasteiger partial charge >= 0.3 is 11.8 Å². The molecule has 0 atom stereocenters. The Morgan fingerprint density at radius 3 is 2.53 bits per heavy atom. The summed E-state index contributed by atoms with van der Waals surface area (Å²) in [4.78, 5) is 34.5. The fraction of sp³-hybridized carbons (Fsp3) is 0.200. The standard InChI is InChI=1S/C20H21ClN4O5/c1-12-4-6-14(9-15(12)21)24-18(26)11-30-16-7-5-13(8-17(16)29-3)10-23-25-20(28)19(27)22-2/h4-10H,11H2,1-3H3,(H,22,27)(H,24,26)(H,25,28)/b23-10-. The normalized spacial score (nSPS) is 10.4. The van der Waals surface area contributed by atoms with Crippen LogP contribution in [-0.4, -0.2) is 44.7 Å². The number of likely N-dealkylation sites (N-methyl/N-ethyl adjacent to an activating group) is 1. The Morgan fingerprint density at radius 2 is 1.87 bits per heavy atom. The van der Waals surface area contributed by atoms with Crippen LogP contribution >= 0.6 is 11.6 Å². The van der Waals surface area contributed by atoms with Crippen molar-refractivity contribution in [2.45, 2.75) is 6.92 Å². The number of methoxy groups -OCH3 is 1. The second kappa shape index (κ2) is 10.8. The number of benzene rings is 2. The van der Waals surface area contributed by atoms with Gasteiger partial charge in [0.1, 0.15) is 0 Å². The van der Waals surface area contributed by atoms with Gasteiger partial charge in [-0.1, -0.05) is 17.7 Å². The molecule has 158 valence electrons. The van der Waals surface area contributed by atoms with Gasteiger partial charge in [0.25, 0.3) is 5.91 Å². The molecular weight excluding hydrogens is 412 g/mol. The molecule has 0 radical (unpaired) electrons. The van der Waals surface area contributed by atoms with E-state index in [1.807, 2.05) is 6.92 Å².